The number of aromatic nitrogens is 2. The van der Waals surface area contributed by atoms with Crippen molar-refractivity contribution in [3.8, 4) is 0 Å². The molecule has 2 amide bonds. The average Bonchev–Trinajstić information content (AvgIpc) is 3.14. The fourth-order valence-electron chi connectivity index (χ4n) is 4.76. The monoisotopic (exact) mass is 741 g/mol. The van der Waals surface area contributed by atoms with Gasteiger partial charge >= 0.3 is 0 Å². The number of ketones is 1. The van der Waals surface area contributed by atoms with Gasteiger partial charge in [-0.1, -0.05) is 87.9 Å². The molecule has 5 rings (SSSR count). The molecule has 53 heavy (non-hydrogen) atoms. The van der Waals surface area contributed by atoms with Crippen LogP contribution in [0.3, 0.4) is 0 Å². The molecule has 0 radical (unpaired) electrons. The summed E-state index contributed by atoms with van der Waals surface area (Å²) in [6.07, 6.45) is 1.47. The molecule has 0 fully saturated rings. The van der Waals surface area contributed by atoms with Crippen molar-refractivity contribution in [2.24, 2.45) is 11.8 Å². The number of para-hydroxylation sites is 1. The van der Waals surface area contributed by atoms with Gasteiger partial charge in [0, 0.05) is 23.7 Å². The molecule has 5 aromatic rings. The molecular weight excluding hydrogens is 701 g/mol. The Morgan fingerprint density at radius 1 is 0.660 bits per heavy atom. The Hall–Kier alpha value is -5.82. The third kappa shape index (κ3) is 11.1. The second-order valence-electron chi connectivity index (χ2n) is 12.7. The van der Waals surface area contributed by atoms with Crippen molar-refractivity contribution in [2.75, 3.05) is 5.32 Å². The molecule has 1 aromatic heterocycles. The van der Waals surface area contributed by atoms with E-state index in [1.807, 2.05) is 37.3 Å². The smallest absolute Gasteiger partial charge is 0.227 e. The number of anilines is 2. The summed E-state index contributed by atoms with van der Waals surface area (Å²) in [6.45, 7) is 8.67. The van der Waals surface area contributed by atoms with E-state index in [0.29, 0.717) is 11.1 Å². The molecule has 10 nitrogen and oxygen atoms in total. The molecule has 0 saturated carbocycles. The highest BCUT2D eigenvalue weighted by atomic mass is 32.2. The molecule has 0 aliphatic carbocycles. The molecule has 0 aliphatic rings. The lowest BCUT2D eigenvalue weighted by Crippen LogP contribution is -2.36. The average molecular weight is 742 g/mol. The summed E-state index contributed by atoms with van der Waals surface area (Å²) >= 11 is 0. The summed E-state index contributed by atoms with van der Waals surface area (Å²) in [4.78, 5) is 46.0. The summed E-state index contributed by atoms with van der Waals surface area (Å²) in [7, 11) is -3.87. The number of nitrogens with one attached hydrogen (secondary N) is 3. The third-order valence-corrected chi connectivity index (χ3v) is 9.78. The van der Waals surface area contributed by atoms with Crippen LogP contribution in [-0.2, 0) is 19.4 Å². The minimum absolute atomic E-state index is 0.103. The number of hydrogen-bond donors (Lipinski definition) is 3. The lowest BCUT2D eigenvalue weighted by atomic mass is 9.99. The van der Waals surface area contributed by atoms with Crippen LogP contribution in [-0.4, -0.2) is 36.0 Å². The van der Waals surface area contributed by atoms with E-state index in [9.17, 15) is 31.6 Å². The maximum Gasteiger partial charge on any atom is 0.227 e. The molecule has 0 saturated heterocycles. The zero-order valence-corrected chi connectivity index (χ0v) is 30.7. The summed E-state index contributed by atoms with van der Waals surface area (Å²) in [5.41, 5.74) is 2.63. The first-order valence-corrected chi connectivity index (χ1v) is 18.3. The van der Waals surface area contributed by atoms with Crippen LogP contribution in [0.5, 0.6) is 0 Å². The van der Waals surface area contributed by atoms with E-state index in [1.165, 1.54) is 72.9 Å². The van der Waals surface area contributed by atoms with Crippen molar-refractivity contribution in [1.29, 1.82) is 0 Å². The van der Waals surface area contributed by atoms with Crippen molar-refractivity contribution < 1.29 is 31.6 Å². The van der Waals surface area contributed by atoms with Crippen LogP contribution in [0.25, 0.3) is 0 Å². The number of Topliss-reactive ketones (excluding diaryl/α,β-unsaturated/α-hetero) is 1. The van der Waals surface area contributed by atoms with E-state index in [-0.39, 0.29) is 40.2 Å². The standard InChI is InChI=1S/C22H21FN4O2.C18H20FNO3S/c1-14(2)21(29)27-19(15-8-10-16(23)11-9-15)20(28)18-12-13-24-22(26-18)25-17-6-4-3-5-7-17;1-12(2)17(21)20-18(14-6-8-15(19)9-7-14)24(22,23)16-10-4-13(3)5-11-16/h3-14,19H,1-2H3,(H,27,29)(H,24,25,26);4-12,18H,1-3H3,(H,20,21). The molecule has 1 heterocycles. The van der Waals surface area contributed by atoms with Gasteiger partial charge in [0.1, 0.15) is 23.4 Å². The quantitative estimate of drug-likeness (QED) is 0.112. The summed E-state index contributed by atoms with van der Waals surface area (Å²) in [5, 5.41) is 7.05. The number of carbonyl (C=O) groups excluding carboxylic acids is 3. The van der Waals surface area contributed by atoms with Gasteiger partial charge in [0.05, 0.1) is 4.90 Å². The molecule has 0 spiro atoms. The van der Waals surface area contributed by atoms with Crippen molar-refractivity contribution in [2.45, 2.75) is 50.9 Å². The van der Waals surface area contributed by atoms with Gasteiger partial charge < -0.3 is 16.0 Å². The van der Waals surface area contributed by atoms with Crippen LogP contribution in [0, 0.1) is 30.4 Å². The lowest BCUT2D eigenvalue weighted by Gasteiger charge is -2.21. The number of carbonyl (C=O) groups is 3. The highest BCUT2D eigenvalue weighted by Crippen LogP contribution is 2.28. The largest absolute Gasteiger partial charge is 0.342 e. The minimum atomic E-state index is -3.87. The highest BCUT2D eigenvalue weighted by Gasteiger charge is 2.31. The first-order chi connectivity index (χ1) is 25.1. The highest BCUT2D eigenvalue weighted by molar-refractivity contribution is 7.91. The van der Waals surface area contributed by atoms with Gasteiger partial charge in [-0.25, -0.2) is 27.2 Å². The first-order valence-electron chi connectivity index (χ1n) is 16.8. The zero-order valence-electron chi connectivity index (χ0n) is 29.9. The SMILES string of the molecule is CC(C)C(=O)NC(C(=O)c1ccnc(Nc2ccccc2)n1)c1ccc(F)cc1.Cc1ccc(S(=O)(=O)C(NC(=O)C(C)C)c2ccc(F)cc2)cc1. The molecule has 0 aliphatic heterocycles. The van der Waals surface area contributed by atoms with Gasteiger partial charge in [-0.3, -0.25) is 14.4 Å². The number of sulfone groups is 1. The number of amides is 2. The second-order valence-corrected chi connectivity index (χ2v) is 14.8. The molecule has 2 unspecified atom stereocenters. The van der Waals surface area contributed by atoms with Crippen molar-refractivity contribution >= 4 is 39.1 Å². The fourth-order valence-corrected chi connectivity index (χ4v) is 6.33. The van der Waals surface area contributed by atoms with Gasteiger partial charge in [0.2, 0.25) is 33.4 Å². The van der Waals surface area contributed by atoms with E-state index in [4.69, 9.17) is 0 Å². The third-order valence-electron chi connectivity index (χ3n) is 7.84. The fraction of sp³-hybridized carbons (Fsp3) is 0.225. The number of hydrogen-bond acceptors (Lipinski definition) is 8. The van der Waals surface area contributed by atoms with Crippen LogP contribution in [0.1, 0.15) is 66.3 Å². The molecule has 2 atom stereocenters. The Labute approximate surface area is 308 Å². The maximum absolute atomic E-state index is 13.3. The zero-order chi connectivity index (χ0) is 38.7. The van der Waals surface area contributed by atoms with Crippen LogP contribution >= 0.6 is 0 Å². The number of nitrogens with zero attached hydrogens (tertiary/aromatic N) is 2. The van der Waals surface area contributed by atoms with Crippen molar-refractivity contribution in [3.05, 3.63) is 149 Å². The Bertz CT molecular complexity index is 2110. The molecule has 4 aromatic carbocycles. The lowest BCUT2D eigenvalue weighted by molar-refractivity contribution is -0.125. The number of aryl methyl sites for hydroxylation is 1. The topological polar surface area (TPSA) is 147 Å². The number of halogens is 2. The van der Waals surface area contributed by atoms with Gasteiger partial charge in [0.15, 0.2) is 5.37 Å². The normalized spacial score (nSPS) is 12.2. The van der Waals surface area contributed by atoms with Gasteiger partial charge in [-0.15, -0.1) is 0 Å². The summed E-state index contributed by atoms with van der Waals surface area (Å²) in [6, 6.07) is 26.7. The Kier molecular flexibility index (Phi) is 13.6. The predicted molar refractivity (Wildman–Crippen MR) is 199 cm³/mol. The van der Waals surface area contributed by atoms with Crippen LogP contribution in [0.2, 0.25) is 0 Å². The van der Waals surface area contributed by atoms with E-state index >= 15 is 0 Å². The van der Waals surface area contributed by atoms with Gasteiger partial charge in [0.25, 0.3) is 0 Å². The molecule has 3 N–H and O–H groups in total. The van der Waals surface area contributed by atoms with Crippen LogP contribution < -0.4 is 16.0 Å². The predicted octanol–water partition coefficient (Wildman–Crippen LogP) is 7.43. The van der Waals surface area contributed by atoms with E-state index in [1.54, 1.807) is 39.8 Å². The van der Waals surface area contributed by atoms with Crippen LogP contribution in [0.4, 0.5) is 20.4 Å². The van der Waals surface area contributed by atoms with E-state index in [2.05, 4.69) is 25.9 Å². The number of rotatable bonds is 12. The van der Waals surface area contributed by atoms with Crippen molar-refractivity contribution in [3.63, 3.8) is 0 Å². The van der Waals surface area contributed by atoms with E-state index < -0.39 is 38.7 Å². The summed E-state index contributed by atoms with van der Waals surface area (Å²) < 4.78 is 52.4. The second kappa shape index (κ2) is 18.1. The first kappa shape index (κ1) is 40.0. The molecule has 13 heteroatoms. The minimum Gasteiger partial charge on any atom is -0.342 e. The molecular formula is C40H41F2N5O5S. The Balaban J connectivity index is 0.000000241. The Morgan fingerprint density at radius 2 is 1.19 bits per heavy atom. The number of benzene rings is 4. The molecule has 276 valence electrons. The van der Waals surface area contributed by atoms with Crippen molar-refractivity contribution in [1.82, 2.24) is 20.6 Å². The Morgan fingerprint density at radius 3 is 1.74 bits per heavy atom. The summed E-state index contributed by atoms with van der Waals surface area (Å²) in [5.74, 6) is -2.41. The molecule has 0 bridgehead atoms. The van der Waals surface area contributed by atoms with E-state index in [0.717, 1.165) is 11.3 Å². The maximum atomic E-state index is 13.3. The van der Waals surface area contributed by atoms with Crippen LogP contribution in [0.15, 0.2) is 120 Å². The van der Waals surface area contributed by atoms with Gasteiger partial charge in [-0.2, -0.15) is 0 Å². The van der Waals surface area contributed by atoms with Gasteiger partial charge in [-0.05, 0) is 72.6 Å².